The van der Waals surface area contributed by atoms with Crippen molar-refractivity contribution in [3.8, 4) is 0 Å². The van der Waals surface area contributed by atoms with Crippen LogP contribution in [-0.4, -0.2) is 22.2 Å². The van der Waals surface area contributed by atoms with E-state index in [1.54, 1.807) is 12.1 Å². The van der Waals surface area contributed by atoms with E-state index in [9.17, 15) is 9.90 Å². The molecule has 0 aliphatic heterocycles. The molecule has 4 heteroatoms. The summed E-state index contributed by atoms with van der Waals surface area (Å²) >= 11 is 0. The van der Waals surface area contributed by atoms with Crippen molar-refractivity contribution in [1.29, 1.82) is 0 Å². The number of benzene rings is 1. The number of hydrogen-bond acceptors (Lipinski definition) is 2. The molecule has 4 nitrogen and oxygen atoms in total. The maximum absolute atomic E-state index is 11.3. The van der Waals surface area contributed by atoms with Crippen molar-refractivity contribution in [2.45, 2.75) is 39.7 Å². The van der Waals surface area contributed by atoms with Gasteiger partial charge < -0.3 is 15.4 Å². The van der Waals surface area contributed by atoms with Crippen molar-refractivity contribution in [1.82, 2.24) is 4.57 Å². The molecule has 0 amide bonds. The zero-order valence-electron chi connectivity index (χ0n) is 12.1. The predicted octanol–water partition coefficient (Wildman–Crippen LogP) is 2.81. The number of aromatic nitrogens is 1. The van der Waals surface area contributed by atoms with Crippen LogP contribution in [0.1, 0.15) is 41.8 Å². The number of carbonyl (C=O) groups is 1. The molecule has 3 N–H and O–H groups in total. The fraction of sp³-hybridized carbons (Fsp3) is 0.438. The van der Waals surface area contributed by atoms with Crippen LogP contribution in [0, 0.1) is 0 Å². The zero-order chi connectivity index (χ0) is 14.7. The van der Waals surface area contributed by atoms with Crippen molar-refractivity contribution in [2.75, 3.05) is 6.54 Å². The van der Waals surface area contributed by atoms with Crippen LogP contribution < -0.4 is 5.73 Å². The summed E-state index contributed by atoms with van der Waals surface area (Å²) in [6.07, 6.45) is 4.79. The Balaban J connectivity index is 2.69. The highest BCUT2D eigenvalue weighted by atomic mass is 16.4. The lowest BCUT2D eigenvalue weighted by atomic mass is 10.0. The van der Waals surface area contributed by atoms with Gasteiger partial charge in [0.2, 0.25) is 0 Å². The van der Waals surface area contributed by atoms with Crippen LogP contribution in [0.2, 0.25) is 0 Å². The summed E-state index contributed by atoms with van der Waals surface area (Å²) < 4.78 is 2.21. The summed E-state index contributed by atoms with van der Waals surface area (Å²) in [6.45, 7) is 5.71. The van der Waals surface area contributed by atoms with E-state index >= 15 is 0 Å². The first-order chi connectivity index (χ1) is 9.62. The van der Waals surface area contributed by atoms with Gasteiger partial charge in [-0.1, -0.05) is 6.92 Å². The van der Waals surface area contributed by atoms with Crippen LogP contribution >= 0.6 is 0 Å². The van der Waals surface area contributed by atoms with Crippen LogP contribution in [-0.2, 0) is 19.4 Å². The minimum Gasteiger partial charge on any atom is -0.478 e. The van der Waals surface area contributed by atoms with Gasteiger partial charge in [-0.15, -0.1) is 0 Å². The number of rotatable bonds is 6. The molecule has 1 aromatic heterocycles. The number of nitrogens with zero attached hydrogens (tertiary/aromatic N) is 1. The molecule has 0 atom stereocenters. The Bertz CT molecular complexity index is 629. The molecule has 0 saturated heterocycles. The minimum absolute atomic E-state index is 0.372. The number of hydrogen-bond donors (Lipinski definition) is 2. The molecule has 0 aliphatic carbocycles. The predicted molar refractivity (Wildman–Crippen MR) is 81.3 cm³/mol. The minimum atomic E-state index is -0.865. The lowest BCUT2D eigenvalue weighted by molar-refractivity contribution is 0.0697. The number of carboxylic acids is 1. The second-order valence-electron chi connectivity index (χ2n) is 5.02. The van der Waals surface area contributed by atoms with Crippen LogP contribution in [0.5, 0.6) is 0 Å². The summed E-state index contributed by atoms with van der Waals surface area (Å²) in [5, 5.41) is 10.3. The summed E-state index contributed by atoms with van der Waals surface area (Å²) in [6, 6.07) is 3.60. The van der Waals surface area contributed by atoms with E-state index in [0.29, 0.717) is 12.1 Å². The van der Waals surface area contributed by atoms with Crippen molar-refractivity contribution in [3.05, 3.63) is 35.0 Å². The van der Waals surface area contributed by atoms with Gasteiger partial charge >= 0.3 is 5.97 Å². The average molecular weight is 274 g/mol. The Morgan fingerprint density at radius 3 is 2.60 bits per heavy atom. The van der Waals surface area contributed by atoms with Crippen molar-refractivity contribution < 1.29 is 9.90 Å². The summed E-state index contributed by atoms with van der Waals surface area (Å²) in [7, 11) is 0. The second kappa shape index (κ2) is 6.09. The molecule has 0 radical (unpaired) electrons. The smallest absolute Gasteiger partial charge is 0.335 e. The van der Waals surface area contributed by atoms with E-state index in [-0.39, 0.29) is 0 Å². The van der Waals surface area contributed by atoms with E-state index in [2.05, 4.69) is 24.6 Å². The first kappa shape index (κ1) is 14.6. The molecule has 0 saturated carbocycles. The topological polar surface area (TPSA) is 68.2 Å². The Labute approximate surface area is 119 Å². The Morgan fingerprint density at radius 1 is 1.30 bits per heavy atom. The summed E-state index contributed by atoms with van der Waals surface area (Å²) in [4.78, 5) is 11.3. The Morgan fingerprint density at radius 2 is 2.05 bits per heavy atom. The van der Waals surface area contributed by atoms with Crippen LogP contribution in [0.3, 0.4) is 0 Å². The van der Waals surface area contributed by atoms with Gasteiger partial charge in [0.25, 0.3) is 0 Å². The third-order valence-electron chi connectivity index (χ3n) is 3.75. The molecule has 1 aromatic carbocycles. The average Bonchev–Trinajstić information content (AvgIpc) is 2.82. The number of fused-ring (bicyclic) bond motifs is 1. The number of aromatic carboxylic acids is 1. The van der Waals surface area contributed by atoms with Crippen LogP contribution in [0.25, 0.3) is 10.9 Å². The van der Waals surface area contributed by atoms with E-state index in [1.165, 1.54) is 11.1 Å². The monoisotopic (exact) mass is 274 g/mol. The molecule has 108 valence electrons. The van der Waals surface area contributed by atoms with Gasteiger partial charge in [0.05, 0.1) is 11.1 Å². The van der Waals surface area contributed by atoms with Crippen molar-refractivity contribution in [2.24, 2.45) is 5.73 Å². The summed E-state index contributed by atoms with van der Waals surface area (Å²) in [5.41, 5.74) is 9.44. The zero-order valence-corrected chi connectivity index (χ0v) is 12.1. The lowest BCUT2D eigenvalue weighted by Crippen LogP contribution is -2.01. The lowest BCUT2D eigenvalue weighted by Gasteiger charge is -2.08. The largest absolute Gasteiger partial charge is 0.478 e. The Kier molecular flexibility index (Phi) is 4.45. The highest BCUT2D eigenvalue weighted by Gasteiger charge is 2.15. The fourth-order valence-corrected chi connectivity index (χ4v) is 2.73. The van der Waals surface area contributed by atoms with Crippen molar-refractivity contribution in [3.63, 3.8) is 0 Å². The van der Waals surface area contributed by atoms with Gasteiger partial charge in [0.15, 0.2) is 0 Å². The number of nitrogens with two attached hydrogens (primary N) is 1. The van der Waals surface area contributed by atoms with E-state index < -0.39 is 5.97 Å². The van der Waals surface area contributed by atoms with Gasteiger partial charge in [-0.05, 0) is 56.0 Å². The normalized spacial score (nSPS) is 11.2. The molecular weight excluding hydrogens is 252 g/mol. The maximum atomic E-state index is 11.3. The van der Waals surface area contributed by atoms with Crippen molar-refractivity contribution >= 4 is 16.9 Å². The van der Waals surface area contributed by atoms with Gasteiger partial charge in [-0.2, -0.15) is 0 Å². The molecule has 2 aromatic rings. The fourth-order valence-electron chi connectivity index (χ4n) is 2.73. The van der Waals surface area contributed by atoms with Gasteiger partial charge in [-0.25, -0.2) is 4.79 Å². The van der Waals surface area contributed by atoms with E-state index in [1.807, 2.05) is 0 Å². The molecule has 2 rings (SSSR count). The van der Waals surface area contributed by atoms with Crippen LogP contribution in [0.15, 0.2) is 18.3 Å². The molecule has 0 aliphatic rings. The molecule has 0 spiro atoms. The first-order valence-corrected chi connectivity index (χ1v) is 7.20. The molecule has 0 bridgehead atoms. The maximum Gasteiger partial charge on any atom is 0.335 e. The molecule has 1 heterocycles. The molecule has 20 heavy (non-hydrogen) atoms. The van der Waals surface area contributed by atoms with Gasteiger partial charge in [-0.3, -0.25) is 0 Å². The standard InChI is InChI=1S/C16H22N2O2/c1-3-11-8-13(16(19)20)9-14-12(6-5-7-17)10-18(4-2)15(11)14/h8-10H,3-7,17H2,1-2H3,(H,19,20). The third kappa shape index (κ3) is 2.56. The molecule has 0 unspecified atom stereocenters. The quantitative estimate of drug-likeness (QED) is 0.851. The number of carboxylic acid groups (broad SMARTS) is 1. The molecule has 0 fully saturated rings. The van der Waals surface area contributed by atoms with Gasteiger partial charge in [0, 0.05) is 18.1 Å². The SMILES string of the molecule is CCc1cc(C(=O)O)cc2c(CCCN)cn(CC)c12. The first-order valence-electron chi connectivity index (χ1n) is 7.20. The highest BCUT2D eigenvalue weighted by Crippen LogP contribution is 2.28. The van der Waals surface area contributed by atoms with Crippen LogP contribution in [0.4, 0.5) is 0 Å². The summed E-state index contributed by atoms with van der Waals surface area (Å²) in [5.74, 6) is -0.865. The third-order valence-corrected chi connectivity index (χ3v) is 3.75. The highest BCUT2D eigenvalue weighted by molar-refractivity contribution is 5.96. The van der Waals surface area contributed by atoms with E-state index in [4.69, 9.17) is 5.73 Å². The van der Waals surface area contributed by atoms with E-state index in [0.717, 1.165) is 36.8 Å². The Hall–Kier alpha value is -1.81. The molecular formula is C16H22N2O2. The second-order valence-corrected chi connectivity index (χ2v) is 5.02. The number of aryl methyl sites for hydroxylation is 3. The van der Waals surface area contributed by atoms with Gasteiger partial charge in [0.1, 0.15) is 0 Å².